The number of nitrogens with zero attached hydrogens (tertiary/aromatic N) is 1. The van der Waals surface area contributed by atoms with Gasteiger partial charge >= 0.3 is 21.6 Å². The minimum atomic E-state index is -5.95. The molecule has 4 atom stereocenters. The SMILES string of the molecule is C[C@H](CC(=O)OC(C)(C)C)C(=O)N[C@H](C(=O)N1CCC[C@H]1C(=O)N[C@@H]1CCCc2ccccc21)c1ccc(OS(=O)(=O)C(F)(F)F)cc1. The Morgan fingerprint density at radius 3 is 2.29 bits per heavy atom. The first-order chi connectivity index (χ1) is 22.4. The number of amides is 3. The summed E-state index contributed by atoms with van der Waals surface area (Å²) >= 11 is 0. The summed E-state index contributed by atoms with van der Waals surface area (Å²) in [6, 6.07) is 9.44. The summed E-state index contributed by atoms with van der Waals surface area (Å²) in [5, 5.41) is 5.70. The molecule has 262 valence electrons. The number of esters is 1. The number of likely N-dealkylation sites (tertiary alicyclic amines) is 1. The van der Waals surface area contributed by atoms with Crippen LogP contribution < -0.4 is 14.8 Å². The Morgan fingerprint density at radius 2 is 1.65 bits per heavy atom. The van der Waals surface area contributed by atoms with Gasteiger partial charge in [-0.1, -0.05) is 43.3 Å². The highest BCUT2D eigenvalue weighted by atomic mass is 32.2. The molecule has 0 spiro atoms. The number of rotatable bonds is 10. The zero-order chi connectivity index (χ0) is 35.4. The first-order valence-corrected chi connectivity index (χ1v) is 17.1. The Labute approximate surface area is 277 Å². The van der Waals surface area contributed by atoms with Crippen molar-refractivity contribution in [3.63, 3.8) is 0 Å². The van der Waals surface area contributed by atoms with E-state index in [0.717, 1.165) is 54.7 Å². The van der Waals surface area contributed by atoms with Crippen LogP contribution in [0.3, 0.4) is 0 Å². The van der Waals surface area contributed by atoms with Gasteiger partial charge in [0.15, 0.2) is 0 Å². The average Bonchev–Trinajstić information content (AvgIpc) is 3.49. The van der Waals surface area contributed by atoms with Crippen molar-refractivity contribution in [3.8, 4) is 5.75 Å². The van der Waals surface area contributed by atoms with Crippen LogP contribution in [-0.4, -0.2) is 60.7 Å². The number of alkyl halides is 3. The van der Waals surface area contributed by atoms with Gasteiger partial charge in [-0.15, -0.1) is 0 Å². The molecule has 15 heteroatoms. The summed E-state index contributed by atoms with van der Waals surface area (Å²) in [6.07, 6.45) is 3.08. The van der Waals surface area contributed by atoms with Crippen LogP contribution in [0.2, 0.25) is 0 Å². The highest BCUT2D eigenvalue weighted by Gasteiger charge is 2.48. The molecule has 1 fully saturated rings. The van der Waals surface area contributed by atoms with Gasteiger partial charge in [0.1, 0.15) is 23.4 Å². The van der Waals surface area contributed by atoms with E-state index in [1.54, 1.807) is 20.8 Å². The molecule has 3 amide bonds. The van der Waals surface area contributed by atoms with Crippen molar-refractivity contribution in [3.05, 3.63) is 65.2 Å². The number of hydrogen-bond acceptors (Lipinski definition) is 8. The van der Waals surface area contributed by atoms with Crippen molar-refractivity contribution < 1.29 is 49.7 Å². The third-order valence-electron chi connectivity index (χ3n) is 8.10. The van der Waals surface area contributed by atoms with E-state index >= 15 is 0 Å². The molecule has 1 heterocycles. The number of hydrogen-bond donors (Lipinski definition) is 2. The zero-order valence-corrected chi connectivity index (χ0v) is 27.9. The maximum absolute atomic E-state index is 14.1. The topological polar surface area (TPSA) is 148 Å². The Kier molecular flexibility index (Phi) is 11.1. The van der Waals surface area contributed by atoms with Crippen molar-refractivity contribution in [2.24, 2.45) is 5.92 Å². The third-order valence-corrected chi connectivity index (χ3v) is 9.08. The number of halogens is 3. The molecule has 2 aromatic rings. The molecule has 0 unspecified atom stereocenters. The first kappa shape index (κ1) is 36.7. The quantitative estimate of drug-likeness (QED) is 0.208. The highest BCUT2D eigenvalue weighted by Crippen LogP contribution is 2.32. The fourth-order valence-corrected chi connectivity index (χ4v) is 6.29. The van der Waals surface area contributed by atoms with E-state index in [0.29, 0.717) is 12.8 Å². The summed E-state index contributed by atoms with van der Waals surface area (Å²) in [5.41, 5.74) is -4.20. The Balaban J connectivity index is 1.57. The Bertz CT molecular complexity index is 1620. The summed E-state index contributed by atoms with van der Waals surface area (Å²) in [5.74, 6) is -3.96. The average molecular weight is 696 g/mol. The second-order valence-corrected chi connectivity index (χ2v) is 14.6. The molecule has 2 aliphatic rings. The van der Waals surface area contributed by atoms with E-state index in [1.807, 2.05) is 24.3 Å². The molecule has 1 saturated heterocycles. The summed E-state index contributed by atoms with van der Waals surface area (Å²) < 4.78 is 71.0. The fraction of sp³-hybridized carbons (Fsp3) is 0.515. The van der Waals surface area contributed by atoms with Gasteiger partial charge in [0, 0.05) is 12.5 Å². The second-order valence-electron chi connectivity index (χ2n) is 13.0. The molecule has 4 rings (SSSR count). The third kappa shape index (κ3) is 9.05. The van der Waals surface area contributed by atoms with Gasteiger partial charge < -0.3 is 24.5 Å². The zero-order valence-electron chi connectivity index (χ0n) is 27.1. The summed E-state index contributed by atoms with van der Waals surface area (Å²) in [4.78, 5) is 54.8. The van der Waals surface area contributed by atoms with Crippen molar-refractivity contribution in [1.82, 2.24) is 15.5 Å². The van der Waals surface area contributed by atoms with Crippen LogP contribution in [0.4, 0.5) is 13.2 Å². The highest BCUT2D eigenvalue weighted by molar-refractivity contribution is 7.88. The lowest BCUT2D eigenvalue weighted by molar-refractivity contribution is -0.157. The van der Waals surface area contributed by atoms with Crippen LogP contribution in [0.5, 0.6) is 5.75 Å². The van der Waals surface area contributed by atoms with Crippen LogP contribution >= 0.6 is 0 Å². The number of fused-ring (bicyclic) bond motifs is 1. The molecule has 1 aliphatic heterocycles. The maximum Gasteiger partial charge on any atom is 0.534 e. The molecular weight excluding hydrogens is 655 g/mol. The molecule has 1 aliphatic carbocycles. The number of carbonyl (C=O) groups excluding carboxylic acids is 4. The molecule has 0 radical (unpaired) electrons. The summed E-state index contributed by atoms with van der Waals surface area (Å²) in [6.45, 7) is 6.69. The molecular formula is C33H40F3N3O8S. The van der Waals surface area contributed by atoms with E-state index in [-0.39, 0.29) is 30.5 Å². The van der Waals surface area contributed by atoms with Crippen molar-refractivity contribution in [2.45, 2.75) is 95.5 Å². The lowest BCUT2D eigenvalue weighted by atomic mass is 9.87. The molecule has 0 saturated carbocycles. The van der Waals surface area contributed by atoms with Crippen LogP contribution in [0.1, 0.15) is 88.6 Å². The summed E-state index contributed by atoms with van der Waals surface area (Å²) in [7, 11) is -5.95. The predicted molar refractivity (Wildman–Crippen MR) is 168 cm³/mol. The standard InChI is InChI=1S/C33H40F3N3O8S/c1-20(19-27(40)46-32(2,3)4)29(41)38-28(22-14-16-23(17-15-22)47-48(44,45)33(34,35)36)31(43)39-18-8-13-26(39)30(42)37-25-12-7-10-21-9-5-6-11-24(21)25/h5-6,9,11,14-17,20,25-26,28H,7-8,10,12-13,18-19H2,1-4H3,(H,37,42)(H,38,41)/t20-,25-,26+,28+/m1/s1. The minimum Gasteiger partial charge on any atom is -0.460 e. The van der Waals surface area contributed by atoms with E-state index in [1.165, 1.54) is 11.8 Å². The van der Waals surface area contributed by atoms with Crippen molar-refractivity contribution >= 4 is 33.8 Å². The van der Waals surface area contributed by atoms with E-state index in [9.17, 15) is 40.8 Å². The number of benzene rings is 2. The molecule has 2 N–H and O–H groups in total. The minimum absolute atomic E-state index is 0.0850. The van der Waals surface area contributed by atoms with E-state index < -0.39 is 62.8 Å². The van der Waals surface area contributed by atoms with Gasteiger partial charge in [-0.25, -0.2) is 0 Å². The van der Waals surface area contributed by atoms with Gasteiger partial charge in [0.25, 0.3) is 0 Å². The maximum atomic E-state index is 14.1. The lowest BCUT2D eigenvalue weighted by Crippen LogP contribution is -2.51. The monoisotopic (exact) mass is 695 g/mol. The van der Waals surface area contributed by atoms with Crippen LogP contribution in [0, 0.1) is 5.92 Å². The molecule has 0 aromatic heterocycles. The predicted octanol–water partition coefficient (Wildman–Crippen LogP) is 4.63. The number of carbonyl (C=O) groups is 4. The number of aryl methyl sites for hydroxylation is 1. The Morgan fingerprint density at radius 1 is 0.979 bits per heavy atom. The van der Waals surface area contributed by atoms with Crippen LogP contribution in [0.25, 0.3) is 0 Å². The largest absolute Gasteiger partial charge is 0.534 e. The van der Waals surface area contributed by atoms with E-state index in [2.05, 4.69) is 14.8 Å². The van der Waals surface area contributed by atoms with Crippen molar-refractivity contribution in [1.29, 1.82) is 0 Å². The number of ether oxygens (including phenoxy) is 1. The second kappa shape index (κ2) is 14.5. The normalized spacial score (nSPS) is 19.4. The molecule has 2 aromatic carbocycles. The molecule has 11 nitrogen and oxygen atoms in total. The van der Waals surface area contributed by atoms with Gasteiger partial charge in [-0.05, 0) is 81.7 Å². The van der Waals surface area contributed by atoms with E-state index in [4.69, 9.17) is 4.74 Å². The lowest BCUT2D eigenvalue weighted by Gasteiger charge is -2.32. The molecule has 48 heavy (non-hydrogen) atoms. The first-order valence-electron chi connectivity index (χ1n) is 15.7. The molecule has 0 bridgehead atoms. The Hall–Kier alpha value is -4.14. The van der Waals surface area contributed by atoms with Gasteiger partial charge in [-0.3, -0.25) is 19.2 Å². The van der Waals surface area contributed by atoms with Gasteiger partial charge in [0.05, 0.1) is 12.5 Å². The van der Waals surface area contributed by atoms with Gasteiger partial charge in [-0.2, -0.15) is 21.6 Å². The van der Waals surface area contributed by atoms with Crippen LogP contribution in [0.15, 0.2) is 48.5 Å². The number of nitrogens with one attached hydrogen (secondary N) is 2. The van der Waals surface area contributed by atoms with Crippen LogP contribution in [-0.2, 0) is 40.5 Å². The van der Waals surface area contributed by atoms with Gasteiger partial charge in [0.2, 0.25) is 17.7 Å². The van der Waals surface area contributed by atoms with Crippen molar-refractivity contribution in [2.75, 3.05) is 6.54 Å². The smallest absolute Gasteiger partial charge is 0.460 e. The fourth-order valence-electron chi connectivity index (χ4n) is 5.83.